The zero-order valence-corrected chi connectivity index (χ0v) is 24.5. The lowest BCUT2D eigenvalue weighted by molar-refractivity contribution is -0.117. The van der Waals surface area contributed by atoms with Gasteiger partial charge < -0.3 is 0 Å². The van der Waals surface area contributed by atoms with E-state index in [4.69, 9.17) is 34.8 Å². The van der Waals surface area contributed by atoms with E-state index >= 15 is 0 Å². The van der Waals surface area contributed by atoms with Crippen LogP contribution in [0, 0.1) is 11.3 Å². The fraction of sp³-hybridized carbons (Fsp3) is 0.103. The third kappa shape index (κ3) is 6.20. The fourth-order valence-corrected chi connectivity index (χ4v) is 6.78. The van der Waals surface area contributed by atoms with E-state index in [2.05, 4.69) is 10.3 Å². The second-order valence-corrected chi connectivity index (χ2v) is 12.2. The summed E-state index contributed by atoms with van der Waals surface area (Å²) in [6, 6.07) is 23.7. The Morgan fingerprint density at radius 1 is 1.00 bits per heavy atom. The Morgan fingerprint density at radius 2 is 1.75 bits per heavy atom. The first kappa shape index (κ1) is 28.2. The number of anilines is 2. The molecular weight excluding hydrogens is 607 g/mol. The second-order valence-electron chi connectivity index (χ2n) is 8.71. The lowest BCUT2D eigenvalue weighted by Gasteiger charge is -2.18. The Hall–Kier alpha value is -3.32. The van der Waals surface area contributed by atoms with Crippen LogP contribution in [0.1, 0.15) is 16.0 Å². The fourth-order valence-electron chi connectivity index (χ4n) is 4.12. The molecule has 40 heavy (non-hydrogen) atoms. The lowest BCUT2D eigenvalue weighted by atomic mass is 10.1. The Labute approximate surface area is 254 Å². The summed E-state index contributed by atoms with van der Waals surface area (Å²) in [5.41, 5.74) is 2.13. The summed E-state index contributed by atoms with van der Waals surface area (Å²) < 4.78 is 0. The molecule has 2 heterocycles. The monoisotopic (exact) mass is 624 g/mol. The maximum absolute atomic E-state index is 13.6. The highest BCUT2D eigenvalue weighted by Gasteiger charge is 2.41. The van der Waals surface area contributed by atoms with E-state index in [1.54, 1.807) is 48.7 Å². The third-order valence-corrected chi connectivity index (χ3v) is 9.30. The first-order valence-electron chi connectivity index (χ1n) is 12.0. The lowest BCUT2D eigenvalue weighted by Crippen LogP contribution is -2.30. The summed E-state index contributed by atoms with van der Waals surface area (Å²) in [5.74, 6) is -0.887. The summed E-state index contributed by atoms with van der Waals surface area (Å²) in [6.45, 7) is 0. The van der Waals surface area contributed by atoms with E-state index in [0.29, 0.717) is 38.7 Å². The average molecular weight is 626 g/mol. The molecule has 0 aliphatic carbocycles. The number of rotatable bonds is 7. The van der Waals surface area contributed by atoms with Crippen LogP contribution < -0.4 is 10.2 Å². The number of hydrogen-bond acceptors (Lipinski definition) is 6. The van der Waals surface area contributed by atoms with Gasteiger partial charge in [0.25, 0.3) is 5.91 Å². The van der Waals surface area contributed by atoms with Gasteiger partial charge in [0.05, 0.1) is 15.3 Å². The molecule has 1 aliphatic heterocycles. The minimum atomic E-state index is -0.646. The van der Waals surface area contributed by atoms with E-state index in [-0.39, 0.29) is 16.5 Å². The number of nitrogens with zero attached hydrogens (tertiary/aromatic N) is 3. The number of carbonyl (C=O) groups excluding carboxylic acids is 2. The van der Waals surface area contributed by atoms with Gasteiger partial charge in [-0.05, 0) is 47.9 Å². The number of para-hydroxylation sites is 1. The van der Waals surface area contributed by atoms with Crippen LogP contribution in [0.4, 0.5) is 10.8 Å². The molecule has 0 radical (unpaired) electrons. The third-order valence-electron chi connectivity index (χ3n) is 6.02. The van der Waals surface area contributed by atoms with Gasteiger partial charge in [-0.3, -0.25) is 19.8 Å². The number of benzene rings is 3. The van der Waals surface area contributed by atoms with Gasteiger partial charge in [0.2, 0.25) is 5.91 Å². The number of carbonyl (C=O) groups is 2. The molecule has 1 unspecified atom stereocenters. The Morgan fingerprint density at radius 3 is 2.48 bits per heavy atom. The van der Waals surface area contributed by atoms with Gasteiger partial charge in [-0.15, -0.1) is 11.3 Å². The van der Waals surface area contributed by atoms with Gasteiger partial charge in [0.15, 0.2) is 5.13 Å². The van der Waals surface area contributed by atoms with Gasteiger partial charge in [-0.1, -0.05) is 89.0 Å². The number of nitrogens with one attached hydrogen (secondary N) is 1. The Balaban J connectivity index is 1.42. The molecule has 4 aromatic rings. The number of nitriles is 1. The Kier molecular flexibility index (Phi) is 8.79. The van der Waals surface area contributed by atoms with Crippen molar-refractivity contribution < 1.29 is 9.59 Å². The summed E-state index contributed by atoms with van der Waals surface area (Å²) in [7, 11) is 0. The Bertz CT molecular complexity index is 1670. The number of hydrogen-bond donors (Lipinski definition) is 1. The van der Waals surface area contributed by atoms with Crippen LogP contribution in [0.3, 0.4) is 0 Å². The quantitative estimate of drug-likeness (QED) is 0.168. The van der Waals surface area contributed by atoms with Crippen molar-refractivity contribution in [3.63, 3.8) is 0 Å². The van der Waals surface area contributed by atoms with Gasteiger partial charge in [0, 0.05) is 28.2 Å². The zero-order chi connectivity index (χ0) is 28.2. The highest BCUT2D eigenvalue weighted by Crippen LogP contribution is 2.42. The SMILES string of the molecule is N#C/C(C(=O)Nc1ncc(Cc2ccccc2Cl)s1)=C1/SC(Cc2ccc(Cl)c(Cl)c2)C(=O)N1c1ccccc1. The molecule has 3 aromatic carbocycles. The van der Waals surface area contributed by atoms with Crippen molar-refractivity contribution in [1.29, 1.82) is 5.26 Å². The van der Waals surface area contributed by atoms with Crippen LogP contribution in [0.5, 0.6) is 0 Å². The van der Waals surface area contributed by atoms with E-state index < -0.39 is 11.2 Å². The van der Waals surface area contributed by atoms with Crippen LogP contribution >= 0.6 is 57.9 Å². The summed E-state index contributed by atoms with van der Waals surface area (Å²) in [6.07, 6.45) is 2.56. The van der Waals surface area contributed by atoms with E-state index in [9.17, 15) is 14.9 Å². The number of thioether (sulfide) groups is 1. The van der Waals surface area contributed by atoms with Crippen LogP contribution in [-0.4, -0.2) is 22.0 Å². The van der Waals surface area contributed by atoms with Crippen molar-refractivity contribution in [3.05, 3.63) is 121 Å². The van der Waals surface area contributed by atoms with Crippen LogP contribution in [0.15, 0.2) is 89.6 Å². The van der Waals surface area contributed by atoms with Crippen molar-refractivity contribution in [2.75, 3.05) is 10.2 Å². The molecule has 2 amide bonds. The van der Waals surface area contributed by atoms with Crippen LogP contribution in [0.2, 0.25) is 15.1 Å². The molecule has 1 saturated heterocycles. The molecule has 200 valence electrons. The molecule has 1 N–H and O–H groups in total. The predicted molar refractivity (Wildman–Crippen MR) is 163 cm³/mol. The summed E-state index contributed by atoms with van der Waals surface area (Å²) in [4.78, 5) is 33.6. The minimum Gasteiger partial charge on any atom is -0.297 e. The molecule has 6 nitrogen and oxygen atoms in total. The molecule has 0 bridgehead atoms. The van der Waals surface area contributed by atoms with Crippen molar-refractivity contribution in [1.82, 2.24) is 4.98 Å². The predicted octanol–water partition coefficient (Wildman–Crippen LogP) is 7.76. The standard InChI is InChI=1S/C29H19Cl3N4O2S2/c30-22-9-5-4-6-18(22)14-20-16-34-29(39-20)35-26(37)21(15-33)28-36(19-7-2-1-3-8-19)27(38)25(40-28)13-17-10-11-23(31)24(32)12-17/h1-12,16,25H,13-14H2,(H,34,35,37)/b28-21-. The normalized spacial score (nSPS) is 16.1. The molecule has 0 saturated carbocycles. The van der Waals surface area contributed by atoms with Crippen molar-refractivity contribution >= 4 is 80.5 Å². The summed E-state index contributed by atoms with van der Waals surface area (Å²) in [5, 5.41) is 14.3. The molecule has 5 rings (SSSR count). The van der Waals surface area contributed by atoms with Gasteiger partial charge >= 0.3 is 0 Å². The van der Waals surface area contributed by atoms with E-state index in [0.717, 1.165) is 16.0 Å². The molecule has 1 fully saturated rings. The minimum absolute atomic E-state index is 0.179. The molecule has 1 aliphatic rings. The highest BCUT2D eigenvalue weighted by molar-refractivity contribution is 8.05. The van der Waals surface area contributed by atoms with Gasteiger partial charge in [0.1, 0.15) is 16.7 Å². The molecule has 11 heteroatoms. The summed E-state index contributed by atoms with van der Waals surface area (Å²) >= 11 is 21.0. The topological polar surface area (TPSA) is 86.1 Å². The van der Waals surface area contributed by atoms with E-state index in [1.807, 2.05) is 36.4 Å². The molecule has 0 spiro atoms. The first-order chi connectivity index (χ1) is 19.3. The number of amides is 2. The largest absolute Gasteiger partial charge is 0.297 e. The van der Waals surface area contributed by atoms with Crippen molar-refractivity contribution in [2.24, 2.45) is 0 Å². The smallest absolute Gasteiger partial charge is 0.270 e. The van der Waals surface area contributed by atoms with Crippen LogP contribution in [-0.2, 0) is 22.4 Å². The molecule has 1 atom stereocenters. The molecule has 1 aromatic heterocycles. The van der Waals surface area contributed by atoms with Crippen LogP contribution in [0.25, 0.3) is 0 Å². The maximum atomic E-state index is 13.6. The average Bonchev–Trinajstić information content (AvgIpc) is 3.52. The van der Waals surface area contributed by atoms with Crippen molar-refractivity contribution in [2.45, 2.75) is 18.1 Å². The van der Waals surface area contributed by atoms with E-state index in [1.165, 1.54) is 28.0 Å². The first-order valence-corrected chi connectivity index (χ1v) is 14.8. The molecular formula is C29H19Cl3N4O2S2. The second kappa shape index (κ2) is 12.5. The number of thiazole rings is 1. The van der Waals surface area contributed by atoms with Gasteiger partial charge in [-0.25, -0.2) is 4.98 Å². The number of halogens is 3. The van der Waals surface area contributed by atoms with Gasteiger partial charge in [-0.2, -0.15) is 5.26 Å². The zero-order valence-electron chi connectivity index (χ0n) is 20.6. The maximum Gasteiger partial charge on any atom is 0.270 e. The van der Waals surface area contributed by atoms with Crippen molar-refractivity contribution in [3.8, 4) is 6.07 Å². The number of aromatic nitrogens is 1. The highest BCUT2D eigenvalue weighted by atomic mass is 35.5.